The molecule has 0 spiro atoms. The number of hydrogen-bond donors (Lipinski definition) is 1. The summed E-state index contributed by atoms with van der Waals surface area (Å²) in [7, 11) is 0. The van der Waals surface area contributed by atoms with Gasteiger partial charge in [0.2, 0.25) is 0 Å². The Morgan fingerprint density at radius 1 is 1.16 bits per heavy atom. The van der Waals surface area contributed by atoms with Gasteiger partial charge < -0.3 is 5.32 Å². The van der Waals surface area contributed by atoms with Crippen LogP contribution in [0.15, 0.2) is 54.0 Å². The van der Waals surface area contributed by atoms with E-state index in [0.717, 1.165) is 6.54 Å². The Bertz CT molecular complexity index is 661. The first-order valence-electron chi connectivity index (χ1n) is 6.45. The molecular formula is C16H16N2S. The van der Waals surface area contributed by atoms with Gasteiger partial charge in [0.1, 0.15) is 0 Å². The number of nitrogens with one attached hydrogen (secondary N) is 1. The highest BCUT2D eigenvalue weighted by Gasteiger charge is 2.07. The minimum Gasteiger partial charge on any atom is -0.384 e. The quantitative estimate of drug-likeness (QED) is 0.753. The minimum absolute atomic E-state index is 0.437. The van der Waals surface area contributed by atoms with Crippen molar-refractivity contribution in [3.05, 3.63) is 59.0 Å². The van der Waals surface area contributed by atoms with Gasteiger partial charge in [-0.15, -0.1) is 11.3 Å². The molecule has 96 valence electrons. The Morgan fingerprint density at radius 2 is 2.00 bits per heavy atom. The molecule has 1 heterocycles. The van der Waals surface area contributed by atoms with Gasteiger partial charge in [-0.1, -0.05) is 37.3 Å². The van der Waals surface area contributed by atoms with E-state index in [1.807, 2.05) is 11.6 Å². The third kappa shape index (κ3) is 2.76. The SMILES string of the molecule is CC(CNc1ccc2ccccc2c1)c1nccs1. The predicted octanol–water partition coefficient (Wildman–Crippen LogP) is 4.51. The van der Waals surface area contributed by atoms with E-state index in [1.54, 1.807) is 11.3 Å². The van der Waals surface area contributed by atoms with Crippen LogP contribution in [0.25, 0.3) is 10.8 Å². The maximum atomic E-state index is 4.36. The van der Waals surface area contributed by atoms with Crippen LogP contribution < -0.4 is 5.32 Å². The van der Waals surface area contributed by atoms with Crippen molar-refractivity contribution in [2.75, 3.05) is 11.9 Å². The molecule has 0 saturated heterocycles. The highest BCUT2D eigenvalue weighted by molar-refractivity contribution is 7.09. The molecule has 1 aromatic heterocycles. The van der Waals surface area contributed by atoms with Crippen molar-refractivity contribution in [1.29, 1.82) is 0 Å². The smallest absolute Gasteiger partial charge is 0.0970 e. The highest BCUT2D eigenvalue weighted by atomic mass is 32.1. The summed E-state index contributed by atoms with van der Waals surface area (Å²) in [6.45, 7) is 3.11. The van der Waals surface area contributed by atoms with E-state index in [2.05, 4.69) is 59.7 Å². The van der Waals surface area contributed by atoms with Crippen molar-refractivity contribution in [3.63, 3.8) is 0 Å². The molecule has 2 nitrogen and oxygen atoms in total. The molecule has 1 unspecified atom stereocenters. The monoisotopic (exact) mass is 268 g/mol. The Labute approximate surface area is 117 Å². The molecule has 3 rings (SSSR count). The van der Waals surface area contributed by atoms with Crippen LogP contribution in [0.4, 0.5) is 5.69 Å². The molecule has 0 radical (unpaired) electrons. The first-order chi connectivity index (χ1) is 9.33. The number of fused-ring (bicyclic) bond motifs is 1. The lowest BCUT2D eigenvalue weighted by molar-refractivity contribution is 0.795. The van der Waals surface area contributed by atoms with Gasteiger partial charge in [0.15, 0.2) is 0 Å². The summed E-state index contributed by atoms with van der Waals surface area (Å²) < 4.78 is 0. The van der Waals surface area contributed by atoms with Crippen LogP contribution in [0.1, 0.15) is 17.8 Å². The van der Waals surface area contributed by atoms with Gasteiger partial charge in [0, 0.05) is 29.7 Å². The molecule has 19 heavy (non-hydrogen) atoms. The molecular weight excluding hydrogens is 252 g/mol. The summed E-state index contributed by atoms with van der Waals surface area (Å²) in [6.07, 6.45) is 1.87. The molecule has 1 atom stereocenters. The summed E-state index contributed by atoms with van der Waals surface area (Å²) in [5.74, 6) is 0.437. The summed E-state index contributed by atoms with van der Waals surface area (Å²) in [5, 5.41) is 9.26. The van der Waals surface area contributed by atoms with Gasteiger partial charge in [-0.05, 0) is 22.9 Å². The number of anilines is 1. The van der Waals surface area contributed by atoms with Crippen LogP contribution >= 0.6 is 11.3 Å². The second kappa shape index (κ2) is 5.41. The zero-order valence-corrected chi connectivity index (χ0v) is 11.7. The third-order valence-electron chi connectivity index (χ3n) is 3.23. The topological polar surface area (TPSA) is 24.9 Å². The molecule has 0 fully saturated rings. The lowest BCUT2D eigenvalue weighted by Crippen LogP contribution is -2.09. The lowest BCUT2D eigenvalue weighted by atomic mass is 10.1. The summed E-state index contributed by atoms with van der Waals surface area (Å²) >= 11 is 1.72. The van der Waals surface area contributed by atoms with Gasteiger partial charge in [-0.25, -0.2) is 4.98 Å². The first kappa shape index (κ1) is 12.2. The van der Waals surface area contributed by atoms with E-state index >= 15 is 0 Å². The molecule has 0 aliphatic rings. The van der Waals surface area contributed by atoms with Gasteiger partial charge in [0.25, 0.3) is 0 Å². The predicted molar refractivity (Wildman–Crippen MR) is 83.0 cm³/mol. The van der Waals surface area contributed by atoms with E-state index in [9.17, 15) is 0 Å². The van der Waals surface area contributed by atoms with Crippen molar-refractivity contribution in [2.24, 2.45) is 0 Å². The molecule has 0 aliphatic heterocycles. The average Bonchev–Trinajstić information content (AvgIpc) is 2.99. The number of benzene rings is 2. The molecule has 0 amide bonds. The molecule has 3 heteroatoms. The van der Waals surface area contributed by atoms with Crippen molar-refractivity contribution in [2.45, 2.75) is 12.8 Å². The minimum atomic E-state index is 0.437. The molecule has 2 aromatic carbocycles. The Balaban J connectivity index is 1.71. The molecule has 0 saturated carbocycles. The Hall–Kier alpha value is -1.87. The fourth-order valence-corrected chi connectivity index (χ4v) is 2.83. The van der Waals surface area contributed by atoms with Crippen molar-refractivity contribution in [1.82, 2.24) is 4.98 Å². The third-order valence-corrected chi connectivity index (χ3v) is 4.24. The number of nitrogens with zero attached hydrogens (tertiary/aromatic N) is 1. The lowest BCUT2D eigenvalue weighted by Gasteiger charge is -2.11. The van der Waals surface area contributed by atoms with Crippen LogP contribution in [0.2, 0.25) is 0 Å². The summed E-state index contributed by atoms with van der Waals surface area (Å²) in [4.78, 5) is 4.36. The summed E-state index contributed by atoms with van der Waals surface area (Å²) in [6, 6.07) is 14.9. The van der Waals surface area contributed by atoms with E-state index in [1.165, 1.54) is 21.5 Å². The van der Waals surface area contributed by atoms with Crippen molar-refractivity contribution in [3.8, 4) is 0 Å². The van der Waals surface area contributed by atoms with E-state index in [4.69, 9.17) is 0 Å². The maximum absolute atomic E-state index is 4.36. The van der Waals surface area contributed by atoms with Gasteiger partial charge >= 0.3 is 0 Å². The number of thiazole rings is 1. The van der Waals surface area contributed by atoms with Gasteiger partial charge in [-0.3, -0.25) is 0 Å². The van der Waals surface area contributed by atoms with E-state index in [-0.39, 0.29) is 0 Å². The number of hydrogen-bond acceptors (Lipinski definition) is 3. The molecule has 0 bridgehead atoms. The van der Waals surface area contributed by atoms with Crippen LogP contribution in [-0.2, 0) is 0 Å². The maximum Gasteiger partial charge on any atom is 0.0970 e. The van der Waals surface area contributed by atoms with Crippen LogP contribution in [0, 0.1) is 0 Å². The zero-order valence-electron chi connectivity index (χ0n) is 10.8. The van der Waals surface area contributed by atoms with Gasteiger partial charge in [0.05, 0.1) is 5.01 Å². The molecule has 3 aromatic rings. The number of rotatable bonds is 4. The largest absolute Gasteiger partial charge is 0.384 e. The normalized spacial score (nSPS) is 12.5. The van der Waals surface area contributed by atoms with Crippen LogP contribution in [0.3, 0.4) is 0 Å². The molecule has 0 aliphatic carbocycles. The van der Waals surface area contributed by atoms with E-state index < -0.39 is 0 Å². The van der Waals surface area contributed by atoms with Crippen molar-refractivity contribution >= 4 is 27.8 Å². The zero-order chi connectivity index (χ0) is 13.1. The van der Waals surface area contributed by atoms with Crippen LogP contribution in [0.5, 0.6) is 0 Å². The van der Waals surface area contributed by atoms with E-state index in [0.29, 0.717) is 5.92 Å². The number of aromatic nitrogens is 1. The van der Waals surface area contributed by atoms with Crippen molar-refractivity contribution < 1.29 is 0 Å². The summed E-state index contributed by atoms with van der Waals surface area (Å²) in [5.41, 5.74) is 1.17. The fraction of sp³-hybridized carbons (Fsp3) is 0.188. The fourth-order valence-electron chi connectivity index (χ4n) is 2.14. The van der Waals surface area contributed by atoms with Crippen LogP contribution in [-0.4, -0.2) is 11.5 Å². The Kier molecular flexibility index (Phi) is 3.47. The van der Waals surface area contributed by atoms with Gasteiger partial charge in [-0.2, -0.15) is 0 Å². The Morgan fingerprint density at radius 3 is 2.79 bits per heavy atom. The first-order valence-corrected chi connectivity index (χ1v) is 7.33. The highest BCUT2D eigenvalue weighted by Crippen LogP contribution is 2.21. The second-order valence-electron chi connectivity index (χ2n) is 4.71. The molecule has 1 N–H and O–H groups in total. The standard InChI is InChI=1S/C16H16N2S/c1-12(16-17-8-9-19-16)11-18-15-7-6-13-4-2-3-5-14(13)10-15/h2-10,12,18H,11H2,1H3. The average molecular weight is 268 g/mol. The second-order valence-corrected chi connectivity index (χ2v) is 5.64.